The molecule has 0 saturated heterocycles. The Morgan fingerprint density at radius 3 is 2.00 bits per heavy atom. The minimum Gasteiger partial charge on any atom is -0.481 e. The van der Waals surface area contributed by atoms with Gasteiger partial charge in [0.2, 0.25) is 5.91 Å². The van der Waals surface area contributed by atoms with E-state index >= 15 is 0 Å². The van der Waals surface area contributed by atoms with Crippen molar-refractivity contribution in [2.45, 2.75) is 44.7 Å². The SMILES string of the molecule is CNC(=O)[C@@H](CCC(=O)O)N[C@H](C)CCC(=O)O. The van der Waals surface area contributed by atoms with Crippen molar-refractivity contribution >= 4 is 17.8 Å². The van der Waals surface area contributed by atoms with E-state index in [9.17, 15) is 14.4 Å². The van der Waals surface area contributed by atoms with E-state index < -0.39 is 18.0 Å². The highest BCUT2D eigenvalue weighted by molar-refractivity contribution is 5.82. The van der Waals surface area contributed by atoms with E-state index in [4.69, 9.17) is 10.2 Å². The molecule has 18 heavy (non-hydrogen) atoms. The van der Waals surface area contributed by atoms with Crippen molar-refractivity contribution in [3.8, 4) is 0 Å². The van der Waals surface area contributed by atoms with Gasteiger partial charge in [0.1, 0.15) is 0 Å². The summed E-state index contributed by atoms with van der Waals surface area (Å²) in [6, 6.07) is -0.785. The second-order valence-corrected chi connectivity index (χ2v) is 4.10. The second kappa shape index (κ2) is 8.46. The summed E-state index contributed by atoms with van der Waals surface area (Å²) >= 11 is 0. The van der Waals surface area contributed by atoms with E-state index in [1.807, 2.05) is 0 Å². The van der Waals surface area contributed by atoms with Gasteiger partial charge in [-0.1, -0.05) is 0 Å². The standard InChI is InChI=1S/C11H20N2O5/c1-7(3-5-9(14)15)13-8(11(18)12-2)4-6-10(16)17/h7-8,13H,3-6H2,1-2H3,(H,12,18)(H,14,15)(H,16,17)/t7-,8-/m1/s1. The highest BCUT2D eigenvalue weighted by Crippen LogP contribution is 2.03. The van der Waals surface area contributed by atoms with Gasteiger partial charge >= 0.3 is 11.9 Å². The first-order valence-corrected chi connectivity index (χ1v) is 5.78. The van der Waals surface area contributed by atoms with Gasteiger partial charge in [0.05, 0.1) is 6.04 Å². The number of hydrogen-bond donors (Lipinski definition) is 4. The fourth-order valence-corrected chi connectivity index (χ4v) is 1.50. The summed E-state index contributed by atoms with van der Waals surface area (Å²) in [6.07, 6.45) is 0.451. The number of carbonyl (C=O) groups is 3. The number of nitrogens with one attached hydrogen (secondary N) is 2. The molecule has 0 fully saturated rings. The van der Waals surface area contributed by atoms with E-state index in [0.717, 1.165) is 0 Å². The molecule has 0 aliphatic heterocycles. The Morgan fingerprint density at radius 1 is 1.06 bits per heavy atom. The summed E-state index contributed by atoms with van der Waals surface area (Å²) in [6.45, 7) is 1.76. The van der Waals surface area contributed by atoms with Gasteiger partial charge in [-0.2, -0.15) is 0 Å². The van der Waals surface area contributed by atoms with Gasteiger partial charge in [0.25, 0.3) is 0 Å². The maximum Gasteiger partial charge on any atom is 0.303 e. The second-order valence-electron chi connectivity index (χ2n) is 4.10. The molecular weight excluding hydrogens is 240 g/mol. The predicted molar refractivity (Wildman–Crippen MR) is 64.2 cm³/mol. The average Bonchev–Trinajstić information content (AvgIpc) is 2.30. The van der Waals surface area contributed by atoms with Crippen molar-refractivity contribution in [2.75, 3.05) is 7.05 Å². The summed E-state index contributed by atoms with van der Waals surface area (Å²) in [5.74, 6) is -2.16. The molecular formula is C11H20N2O5. The first-order valence-electron chi connectivity index (χ1n) is 5.78. The minimum atomic E-state index is -0.969. The number of aliphatic carboxylic acids is 2. The molecule has 0 bridgehead atoms. The number of amides is 1. The lowest BCUT2D eigenvalue weighted by Crippen LogP contribution is -2.47. The zero-order valence-electron chi connectivity index (χ0n) is 10.6. The molecule has 0 aliphatic carbocycles. The lowest BCUT2D eigenvalue weighted by atomic mass is 10.1. The van der Waals surface area contributed by atoms with E-state index in [1.54, 1.807) is 6.92 Å². The quantitative estimate of drug-likeness (QED) is 0.456. The molecule has 0 aromatic rings. The molecule has 0 aliphatic rings. The molecule has 0 saturated carbocycles. The van der Waals surface area contributed by atoms with Crippen LogP contribution in [0.1, 0.15) is 32.6 Å². The first kappa shape index (κ1) is 16.4. The highest BCUT2D eigenvalue weighted by Gasteiger charge is 2.20. The minimum absolute atomic E-state index is 0.00750. The van der Waals surface area contributed by atoms with Gasteiger partial charge in [0.15, 0.2) is 0 Å². The van der Waals surface area contributed by atoms with Crippen molar-refractivity contribution in [2.24, 2.45) is 0 Å². The zero-order valence-corrected chi connectivity index (χ0v) is 10.6. The fraction of sp³-hybridized carbons (Fsp3) is 0.727. The van der Waals surface area contributed by atoms with Crippen LogP contribution in [0.3, 0.4) is 0 Å². The molecule has 0 spiro atoms. The topological polar surface area (TPSA) is 116 Å². The van der Waals surface area contributed by atoms with Crippen LogP contribution >= 0.6 is 0 Å². The first-order chi connectivity index (χ1) is 8.36. The molecule has 0 aromatic carbocycles. The summed E-state index contributed by atoms with van der Waals surface area (Å²) < 4.78 is 0. The smallest absolute Gasteiger partial charge is 0.303 e. The van der Waals surface area contributed by atoms with Crippen molar-refractivity contribution in [1.29, 1.82) is 0 Å². The Hall–Kier alpha value is -1.63. The van der Waals surface area contributed by atoms with Gasteiger partial charge in [-0.15, -0.1) is 0 Å². The molecule has 7 nitrogen and oxygen atoms in total. The van der Waals surface area contributed by atoms with Crippen LogP contribution in [0.15, 0.2) is 0 Å². The van der Waals surface area contributed by atoms with Crippen LogP contribution in [0.5, 0.6) is 0 Å². The number of rotatable bonds is 9. The molecule has 0 radical (unpaired) electrons. The zero-order chi connectivity index (χ0) is 14.1. The molecule has 2 atom stereocenters. The van der Waals surface area contributed by atoms with Crippen molar-refractivity contribution in [3.05, 3.63) is 0 Å². The molecule has 1 amide bonds. The van der Waals surface area contributed by atoms with Gasteiger partial charge < -0.3 is 20.8 Å². The van der Waals surface area contributed by atoms with E-state index in [0.29, 0.717) is 6.42 Å². The predicted octanol–water partition coefficient (Wildman–Crippen LogP) is -0.191. The van der Waals surface area contributed by atoms with Gasteiger partial charge in [0, 0.05) is 25.9 Å². The number of carboxylic acids is 2. The van der Waals surface area contributed by atoms with Gasteiger partial charge in [-0.05, 0) is 19.8 Å². The highest BCUT2D eigenvalue weighted by atomic mass is 16.4. The monoisotopic (exact) mass is 260 g/mol. The van der Waals surface area contributed by atoms with Crippen LogP contribution in [0.25, 0.3) is 0 Å². The summed E-state index contributed by atoms with van der Waals surface area (Å²) in [4.78, 5) is 32.4. The Morgan fingerprint density at radius 2 is 1.56 bits per heavy atom. The third-order valence-corrected chi connectivity index (χ3v) is 2.49. The lowest BCUT2D eigenvalue weighted by molar-refractivity contribution is -0.138. The molecule has 104 valence electrons. The van der Waals surface area contributed by atoms with Gasteiger partial charge in [-0.25, -0.2) is 0 Å². The van der Waals surface area contributed by atoms with Crippen molar-refractivity contribution in [1.82, 2.24) is 10.6 Å². The molecule has 0 heterocycles. The largest absolute Gasteiger partial charge is 0.481 e. The normalized spacial score (nSPS) is 13.7. The molecule has 0 aromatic heterocycles. The van der Waals surface area contributed by atoms with E-state index in [-0.39, 0.29) is 31.2 Å². The van der Waals surface area contributed by atoms with Crippen LogP contribution < -0.4 is 10.6 Å². The Kier molecular flexibility index (Phi) is 7.69. The van der Waals surface area contributed by atoms with Crippen LogP contribution in [0.2, 0.25) is 0 Å². The fourth-order valence-electron chi connectivity index (χ4n) is 1.50. The van der Waals surface area contributed by atoms with Crippen LogP contribution in [-0.2, 0) is 14.4 Å². The number of likely N-dealkylation sites (N-methyl/N-ethyl adjacent to an activating group) is 1. The molecule has 7 heteroatoms. The third kappa shape index (κ3) is 7.61. The molecule has 0 unspecified atom stereocenters. The molecule has 0 rings (SSSR count). The Balaban J connectivity index is 4.25. The third-order valence-electron chi connectivity index (χ3n) is 2.49. The average molecular weight is 260 g/mol. The summed E-state index contributed by atoms with van der Waals surface area (Å²) in [5, 5.41) is 22.5. The van der Waals surface area contributed by atoms with Crippen molar-refractivity contribution < 1.29 is 24.6 Å². The Bertz CT molecular complexity index is 306. The van der Waals surface area contributed by atoms with E-state index in [2.05, 4.69) is 10.6 Å². The molecule has 4 N–H and O–H groups in total. The Labute approximate surface area is 106 Å². The lowest BCUT2D eigenvalue weighted by Gasteiger charge is -2.21. The van der Waals surface area contributed by atoms with Crippen LogP contribution in [0, 0.1) is 0 Å². The number of carbonyl (C=O) groups excluding carboxylic acids is 1. The maximum atomic E-state index is 11.5. The summed E-state index contributed by atoms with van der Waals surface area (Å²) in [5.41, 5.74) is 0. The van der Waals surface area contributed by atoms with Crippen LogP contribution in [-0.4, -0.2) is 47.2 Å². The number of hydrogen-bond acceptors (Lipinski definition) is 4. The number of carboxylic acid groups (broad SMARTS) is 2. The van der Waals surface area contributed by atoms with Gasteiger partial charge in [-0.3, -0.25) is 14.4 Å². The van der Waals surface area contributed by atoms with E-state index in [1.165, 1.54) is 7.05 Å². The van der Waals surface area contributed by atoms with Crippen molar-refractivity contribution in [3.63, 3.8) is 0 Å². The van der Waals surface area contributed by atoms with Crippen LogP contribution in [0.4, 0.5) is 0 Å². The summed E-state index contributed by atoms with van der Waals surface area (Å²) in [7, 11) is 1.47. The maximum absolute atomic E-state index is 11.5.